The Labute approximate surface area is 157 Å². The SMILES string of the molecule is Cc1ccc(Nc2ccccc2NC(=O)CC2=CSC3=NCCN23)cc1. The quantitative estimate of drug-likeness (QED) is 0.829. The Morgan fingerprint density at radius 1 is 1.15 bits per heavy atom. The molecule has 0 saturated heterocycles. The maximum absolute atomic E-state index is 12.6. The van der Waals surface area contributed by atoms with E-state index >= 15 is 0 Å². The summed E-state index contributed by atoms with van der Waals surface area (Å²) in [6.45, 7) is 3.74. The van der Waals surface area contributed by atoms with Crippen LogP contribution in [0.2, 0.25) is 0 Å². The molecule has 26 heavy (non-hydrogen) atoms. The van der Waals surface area contributed by atoms with E-state index in [9.17, 15) is 4.79 Å². The number of fused-ring (bicyclic) bond motifs is 1. The first-order chi connectivity index (χ1) is 12.7. The molecule has 2 aromatic rings. The van der Waals surface area contributed by atoms with Crippen LogP contribution in [0.4, 0.5) is 17.1 Å². The van der Waals surface area contributed by atoms with Gasteiger partial charge in [0.2, 0.25) is 5.91 Å². The van der Waals surface area contributed by atoms with Crippen LogP contribution in [0.25, 0.3) is 0 Å². The molecule has 1 amide bonds. The number of para-hydroxylation sites is 2. The van der Waals surface area contributed by atoms with Crippen molar-refractivity contribution in [2.24, 2.45) is 4.99 Å². The molecule has 0 fully saturated rings. The summed E-state index contributed by atoms with van der Waals surface area (Å²) in [6.07, 6.45) is 0.352. The lowest BCUT2D eigenvalue weighted by Crippen LogP contribution is -2.24. The van der Waals surface area contributed by atoms with Gasteiger partial charge in [-0.1, -0.05) is 41.6 Å². The summed E-state index contributed by atoms with van der Waals surface area (Å²) in [4.78, 5) is 19.1. The van der Waals surface area contributed by atoms with E-state index in [0.29, 0.717) is 6.42 Å². The zero-order valence-electron chi connectivity index (χ0n) is 14.5. The predicted octanol–water partition coefficient (Wildman–Crippen LogP) is 4.33. The third-order valence-electron chi connectivity index (χ3n) is 4.32. The first kappa shape index (κ1) is 16.7. The van der Waals surface area contributed by atoms with E-state index in [1.807, 2.05) is 41.8 Å². The fourth-order valence-corrected chi connectivity index (χ4v) is 3.92. The Hall–Kier alpha value is -2.73. The van der Waals surface area contributed by atoms with Gasteiger partial charge in [0, 0.05) is 17.9 Å². The standard InChI is InChI=1S/C20H20N4OS/c1-14-6-8-15(9-7-14)22-17-4-2-3-5-18(17)23-19(25)12-16-13-26-20-21-10-11-24(16)20/h2-9,13,22H,10-12H2,1H3,(H,23,25). The number of carbonyl (C=O) groups is 1. The van der Waals surface area contributed by atoms with Gasteiger partial charge >= 0.3 is 0 Å². The molecule has 0 bridgehead atoms. The molecule has 2 heterocycles. The normalized spacial score (nSPS) is 15.3. The summed E-state index contributed by atoms with van der Waals surface area (Å²) in [6, 6.07) is 15.9. The van der Waals surface area contributed by atoms with Gasteiger partial charge in [-0.25, -0.2) is 0 Å². The number of nitrogens with one attached hydrogen (secondary N) is 2. The number of rotatable bonds is 5. The summed E-state index contributed by atoms with van der Waals surface area (Å²) in [7, 11) is 0. The molecule has 0 aromatic heterocycles. The summed E-state index contributed by atoms with van der Waals surface area (Å²) in [5.74, 6) is -0.0249. The van der Waals surface area contributed by atoms with E-state index in [2.05, 4.69) is 39.6 Å². The molecule has 0 spiro atoms. The molecule has 4 rings (SSSR count). The summed E-state index contributed by atoms with van der Waals surface area (Å²) >= 11 is 1.60. The average Bonchev–Trinajstić information content (AvgIpc) is 3.24. The van der Waals surface area contributed by atoms with Gasteiger partial charge in [-0.05, 0) is 36.6 Å². The predicted molar refractivity (Wildman–Crippen MR) is 109 cm³/mol. The molecular weight excluding hydrogens is 344 g/mol. The second kappa shape index (κ2) is 7.25. The van der Waals surface area contributed by atoms with Crippen molar-refractivity contribution in [1.29, 1.82) is 0 Å². The van der Waals surface area contributed by atoms with E-state index in [1.54, 1.807) is 11.8 Å². The second-order valence-corrected chi connectivity index (χ2v) is 7.14. The van der Waals surface area contributed by atoms with E-state index in [-0.39, 0.29) is 5.91 Å². The van der Waals surface area contributed by atoms with Crippen LogP contribution in [0, 0.1) is 6.92 Å². The number of hydrogen-bond acceptors (Lipinski definition) is 5. The van der Waals surface area contributed by atoms with E-state index in [4.69, 9.17) is 0 Å². The summed E-state index contributed by atoms with van der Waals surface area (Å²) in [5.41, 5.74) is 4.88. The van der Waals surface area contributed by atoms with Gasteiger partial charge in [-0.2, -0.15) is 0 Å². The van der Waals surface area contributed by atoms with Gasteiger partial charge in [-0.15, -0.1) is 0 Å². The first-order valence-corrected chi connectivity index (χ1v) is 9.47. The van der Waals surface area contributed by atoms with Crippen LogP contribution in [-0.4, -0.2) is 29.1 Å². The second-order valence-electron chi connectivity index (χ2n) is 6.30. The van der Waals surface area contributed by atoms with Crippen LogP contribution in [0.1, 0.15) is 12.0 Å². The van der Waals surface area contributed by atoms with E-state index < -0.39 is 0 Å². The highest BCUT2D eigenvalue weighted by Gasteiger charge is 2.27. The Balaban J connectivity index is 1.44. The van der Waals surface area contributed by atoms with Crippen molar-refractivity contribution in [2.45, 2.75) is 13.3 Å². The number of amides is 1. The van der Waals surface area contributed by atoms with Crippen molar-refractivity contribution in [1.82, 2.24) is 4.90 Å². The highest BCUT2D eigenvalue weighted by Crippen LogP contribution is 2.31. The van der Waals surface area contributed by atoms with Crippen molar-refractivity contribution in [2.75, 3.05) is 23.7 Å². The van der Waals surface area contributed by atoms with Crippen LogP contribution >= 0.6 is 11.8 Å². The third kappa shape index (κ3) is 3.60. The van der Waals surface area contributed by atoms with Crippen molar-refractivity contribution in [3.63, 3.8) is 0 Å². The Morgan fingerprint density at radius 3 is 2.73 bits per heavy atom. The Kier molecular flexibility index (Phi) is 4.67. The fraction of sp³-hybridized carbons (Fsp3) is 0.200. The van der Waals surface area contributed by atoms with E-state index in [1.165, 1.54) is 5.56 Å². The highest BCUT2D eigenvalue weighted by molar-refractivity contribution is 8.16. The summed E-state index contributed by atoms with van der Waals surface area (Å²) in [5, 5.41) is 9.43. The number of aryl methyl sites for hydroxylation is 1. The number of thioether (sulfide) groups is 1. The van der Waals surface area contributed by atoms with Gasteiger partial charge in [0.25, 0.3) is 0 Å². The van der Waals surface area contributed by atoms with Gasteiger partial charge in [0.05, 0.1) is 24.3 Å². The molecule has 132 valence electrons. The molecule has 0 radical (unpaired) electrons. The zero-order chi connectivity index (χ0) is 17.9. The number of benzene rings is 2. The van der Waals surface area contributed by atoms with Crippen molar-refractivity contribution in [3.05, 3.63) is 65.2 Å². The van der Waals surface area contributed by atoms with Gasteiger partial charge in [0.1, 0.15) is 0 Å². The van der Waals surface area contributed by atoms with Crippen LogP contribution in [0.3, 0.4) is 0 Å². The first-order valence-electron chi connectivity index (χ1n) is 8.59. The molecule has 0 unspecified atom stereocenters. The molecule has 2 aliphatic rings. The minimum Gasteiger partial charge on any atom is -0.354 e. The molecule has 2 aromatic carbocycles. The van der Waals surface area contributed by atoms with Crippen molar-refractivity contribution < 1.29 is 4.79 Å². The lowest BCUT2D eigenvalue weighted by atomic mass is 10.2. The highest BCUT2D eigenvalue weighted by atomic mass is 32.2. The van der Waals surface area contributed by atoms with Crippen LogP contribution in [-0.2, 0) is 4.79 Å². The zero-order valence-corrected chi connectivity index (χ0v) is 15.3. The van der Waals surface area contributed by atoms with Crippen LogP contribution in [0.5, 0.6) is 0 Å². The molecule has 6 heteroatoms. The number of nitrogens with zero attached hydrogens (tertiary/aromatic N) is 2. The van der Waals surface area contributed by atoms with Gasteiger partial charge < -0.3 is 15.5 Å². The third-order valence-corrected chi connectivity index (χ3v) is 5.27. The number of anilines is 3. The van der Waals surface area contributed by atoms with Crippen LogP contribution in [0.15, 0.2) is 64.6 Å². The molecule has 0 aliphatic carbocycles. The Morgan fingerprint density at radius 2 is 1.92 bits per heavy atom. The molecule has 2 aliphatic heterocycles. The molecular formula is C20H20N4OS. The minimum atomic E-state index is -0.0249. The van der Waals surface area contributed by atoms with Crippen LogP contribution < -0.4 is 10.6 Å². The molecule has 2 N–H and O–H groups in total. The minimum absolute atomic E-state index is 0.0249. The lowest BCUT2D eigenvalue weighted by Gasteiger charge is -2.17. The molecule has 0 saturated carbocycles. The monoisotopic (exact) mass is 364 g/mol. The lowest BCUT2D eigenvalue weighted by molar-refractivity contribution is -0.115. The average molecular weight is 364 g/mol. The van der Waals surface area contributed by atoms with E-state index in [0.717, 1.165) is 41.0 Å². The summed E-state index contributed by atoms with van der Waals surface area (Å²) < 4.78 is 0. The maximum Gasteiger partial charge on any atom is 0.230 e. The van der Waals surface area contributed by atoms with Crippen molar-refractivity contribution >= 4 is 39.9 Å². The van der Waals surface area contributed by atoms with Gasteiger partial charge in [-0.3, -0.25) is 9.79 Å². The maximum atomic E-state index is 12.6. The topological polar surface area (TPSA) is 56.7 Å². The number of amidine groups is 1. The van der Waals surface area contributed by atoms with Gasteiger partial charge in [0.15, 0.2) is 5.17 Å². The smallest absolute Gasteiger partial charge is 0.230 e. The number of carbonyl (C=O) groups excluding carboxylic acids is 1. The largest absolute Gasteiger partial charge is 0.354 e. The fourth-order valence-electron chi connectivity index (χ4n) is 2.97. The molecule has 5 nitrogen and oxygen atoms in total. The number of aliphatic imine (C=N–C) groups is 1. The Bertz CT molecular complexity index is 889. The van der Waals surface area contributed by atoms with Crippen molar-refractivity contribution in [3.8, 4) is 0 Å². The number of hydrogen-bond donors (Lipinski definition) is 2. The molecule has 0 atom stereocenters.